The highest BCUT2D eigenvalue weighted by molar-refractivity contribution is 6.60. The Labute approximate surface area is 93.9 Å². The smallest absolute Gasteiger partial charge is 0.213 e. The van der Waals surface area contributed by atoms with Crippen LogP contribution in [0.4, 0.5) is 0 Å². The second-order valence-corrected chi connectivity index (χ2v) is 4.05. The molecule has 0 aliphatic carbocycles. The van der Waals surface area contributed by atoms with Crippen molar-refractivity contribution in [2.45, 2.75) is 10.9 Å². The van der Waals surface area contributed by atoms with Crippen molar-refractivity contribution in [2.24, 2.45) is 0 Å². The van der Waals surface area contributed by atoms with Crippen molar-refractivity contribution in [3.8, 4) is 0 Å². The Morgan fingerprint density at radius 3 is 1.92 bits per heavy atom. The van der Waals surface area contributed by atoms with Gasteiger partial charge in [-0.25, -0.2) is 10.4 Å². The van der Waals surface area contributed by atoms with Gasteiger partial charge in [0.25, 0.3) is 0 Å². The molecule has 12 heavy (non-hydrogen) atoms. The van der Waals surface area contributed by atoms with Crippen LogP contribution < -0.4 is 5.23 Å². The number of hydrogen-bond acceptors (Lipinski definition) is 2. The third-order valence-electron chi connectivity index (χ3n) is 0.916. The molecule has 2 N–H and O–H groups in total. The lowest BCUT2D eigenvalue weighted by Gasteiger charge is -2.21. The quantitative estimate of drug-likeness (QED) is 0.469. The summed E-state index contributed by atoms with van der Waals surface area (Å²) in [5.74, 6) is 0. The number of quaternary nitrogens is 1. The zero-order chi connectivity index (χ0) is 9.89. The third kappa shape index (κ3) is 3.85. The fraction of sp³-hybridized carbons (Fsp3) is 0.500. The average molecular weight is 275 g/mol. The van der Waals surface area contributed by atoms with Crippen molar-refractivity contribution in [3.05, 3.63) is 14.7 Å². The molecule has 0 bridgehead atoms. The molecule has 3 unspecified atom stereocenters. The number of alkyl halides is 2. The van der Waals surface area contributed by atoms with Gasteiger partial charge in [-0.1, -0.05) is 46.4 Å². The predicted molar refractivity (Wildman–Crippen MR) is 50.0 cm³/mol. The van der Waals surface area contributed by atoms with Gasteiger partial charge in [0, 0.05) is 0 Å². The van der Waals surface area contributed by atoms with Crippen LogP contribution >= 0.6 is 58.0 Å². The summed E-state index contributed by atoms with van der Waals surface area (Å²) < 4.78 is -0.288. The van der Waals surface area contributed by atoms with Gasteiger partial charge >= 0.3 is 0 Å². The zero-order valence-corrected chi connectivity index (χ0v) is 9.18. The van der Waals surface area contributed by atoms with Crippen LogP contribution in [0.15, 0.2) is 9.52 Å². The Hall–Kier alpha value is 1.07. The van der Waals surface area contributed by atoms with Crippen LogP contribution in [0.25, 0.3) is 0 Å². The highest BCUT2D eigenvalue weighted by Crippen LogP contribution is 2.26. The van der Waals surface area contributed by atoms with Crippen LogP contribution in [0.5, 0.6) is 0 Å². The maximum absolute atomic E-state index is 10.3. The second kappa shape index (κ2) is 5.73. The molecule has 0 spiro atoms. The molecule has 0 aromatic heterocycles. The van der Waals surface area contributed by atoms with E-state index < -0.39 is 16.1 Å². The second-order valence-electron chi connectivity index (χ2n) is 1.75. The first-order chi connectivity index (χ1) is 5.37. The first-order valence-electron chi connectivity index (χ1n) is 2.59. The molecule has 0 aromatic carbocycles. The molecule has 8 heteroatoms. The normalized spacial score (nSPS) is 18.2. The first kappa shape index (κ1) is 13.1. The molecule has 0 rings (SSSR count). The van der Waals surface area contributed by atoms with Crippen LogP contribution in [0.1, 0.15) is 0 Å². The van der Waals surface area contributed by atoms with Crippen molar-refractivity contribution in [3.63, 3.8) is 0 Å². The lowest BCUT2D eigenvalue weighted by molar-refractivity contribution is -1.06. The first-order valence-corrected chi connectivity index (χ1v) is 4.60. The standard InChI is InChI=1S/C4H4Cl5NO2/c5-1(3(7)8)2(6)4(9)10(11)12/h2,4,10-11H. The van der Waals surface area contributed by atoms with Crippen LogP contribution in [0.3, 0.4) is 0 Å². The minimum absolute atomic E-state index is 0.178. The molecule has 0 radical (unpaired) electrons. The van der Waals surface area contributed by atoms with E-state index in [1.54, 1.807) is 0 Å². The number of hydrogen-bond donors (Lipinski definition) is 2. The number of hydroxylamine groups is 2. The van der Waals surface area contributed by atoms with Gasteiger partial charge in [0.05, 0.1) is 5.03 Å². The molecule has 3 nitrogen and oxygen atoms in total. The summed E-state index contributed by atoms with van der Waals surface area (Å²) in [6.07, 6.45) is 0. The fourth-order valence-corrected chi connectivity index (χ4v) is 1.24. The molecular formula is C4H4Cl5NO2. The molecular weight excluding hydrogens is 271 g/mol. The van der Waals surface area contributed by atoms with E-state index in [0.29, 0.717) is 0 Å². The third-order valence-corrected chi connectivity index (χ3v) is 3.09. The van der Waals surface area contributed by atoms with E-state index >= 15 is 0 Å². The maximum atomic E-state index is 10.3. The predicted octanol–water partition coefficient (Wildman–Crippen LogP) is 1.82. The van der Waals surface area contributed by atoms with E-state index in [0.717, 1.165) is 0 Å². The largest absolute Gasteiger partial charge is 0.599 e. The molecule has 0 aromatic rings. The van der Waals surface area contributed by atoms with E-state index in [2.05, 4.69) is 0 Å². The summed E-state index contributed by atoms with van der Waals surface area (Å²) in [5.41, 5.74) is -1.35. The highest BCUT2D eigenvalue weighted by atomic mass is 35.5. The summed E-state index contributed by atoms with van der Waals surface area (Å²) in [7, 11) is 0. The van der Waals surface area contributed by atoms with E-state index in [1.807, 2.05) is 0 Å². The van der Waals surface area contributed by atoms with Crippen LogP contribution in [0, 0.1) is 5.21 Å². The summed E-state index contributed by atoms with van der Waals surface area (Å²) in [5, 5.41) is 16.1. The van der Waals surface area contributed by atoms with E-state index in [1.165, 1.54) is 0 Å². The monoisotopic (exact) mass is 273 g/mol. The molecule has 0 aliphatic rings. The summed E-state index contributed by atoms with van der Waals surface area (Å²) >= 11 is 26.8. The van der Waals surface area contributed by atoms with E-state index in [9.17, 15) is 5.21 Å². The fourth-order valence-electron chi connectivity index (χ4n) is 0.358. The molecule has 0 aliphatic heterocycles. The maximum Gasteiger partial charge on any atom is 0.213 e. The SMILES string of the molecule is [O-][NH+](O)C(Cl)C(Cl)C(Cl)=C(Cl)Cl. The van der Waals surface area contributed by atoms with Crippen molar-refractivity contribution in [1.82, 2.24) is 0 Å². The van der Waals surface area contributed by atoms with Gasteiger partial charge in [-0.05, 0) is 0 Å². The molecule has 0 heterocycles. The Bertz CT molecular complexity index is 180. The molecule has 72 valence electrons. The molecule has 0 saturated carbocycles. The van der Waals surface area contributed by atoms with Crippen molar-refractivity contribution < 1.29 is 10.4 Å². The Balaban J connectivity index is 4.40. The zero-order valence-electron chi connectivity index (χ0n) is 5.40. The van der Waals surface area contributed by atoms with Crippen molar-refractivity contribution in [2.75, 3.05) is 0 Å². The lowest BCUT2D eigenvalue weighted by Crippen LogP contribution is -3.09. The summed E-state index contributed by atoms with van der Waals surface area (Å²) in [6, 6.07) is 0. The lowest BCUT2D eigenvalue weighted by atomic mass is 10.4. The van der Waals surface area contributed by atoms with Gasteiger partial charge in [0.2, 0.25) is 5.50 Å². The van der Waals surface area contributed by atoms with Gasteiger partial charge in [-0.15, -0.1) is 11.6 Å². The minimum atomic E-state index is -1.35. The Morgan fingerprint density at radius 1 is 1.25 bits per heavy atom. The van der Waals surface area contributed by atoms with Crippen LogP contribution in [-0.2, 0) is 0 Å². The minimum Gasteiger partial charge on any atom is -0.599 e. The average Bonchev–Trinajstić information content (AvgIpc) is 2.00. The number of rotatable bonds is 3. The molecule has 0 saturated heterocycles. The Morgan fingerprint density at radius 2 is 1.67 bits per heavy atom. The molecule has 3 atom stereocenters. The van der Waals surface area contributed by atoms with Crippen molar-refractivity contribution in [1.29, 1.82) is 0 Å². The van der Waals surface area contributed by atoms with Gasteiger partial charge in [-0.3, -0.25) is 0 Å². The van der Waals surface area contributed by atoms with Crippen LogP contribution in [0.2, 0.25) is 0 Å². The van der Waals surface area contributed by atoms with Gasteiger partial charge < -0.3 is 5.21 Å². The Kier molecular flexibility index (Phi) is 6.24. The summed E-state index contributed by atoms with van der Waals surface area (Å²) in [6.45, 7) is 0. The number of nitrogens with one attached hydrogen (secondary N) is 1. The topological polar surface area (TPSA) is 47.7 Å². The number of halogens is 5. The van der Waals surface area contributed by atoms with Gasteiger partial charge in [-0.2, -0.15) is 0 Å². The molecule has 0 fully saturated rings. The van der Waals surface area contributed by atoms with E-state index in [-0.39, 0.29) is 9.52 Å². The highest BCUT2D eigenvalue weighted by Gasteiger charge is 2.27. The van der Waals surface area contributed by atoms with Gasteiger partial charge in [0.1, 0.15) is 9.87 Å². The van der Waals surface area contributed by atoms with Crippen LogP contribution in [-0.4, -0.2) is 16.1 Å². The summed E-state index contributed by atoms with van der Waals surface area (Å²) in [4.78, 5) is 0. The van der Waals surface area contributed by atoms with Crippen molar-refractivity contribution >= 4 is 58.0 Å². The molecule has 0 amide bonds. The van der Waals surface area contributed by atoms with Gasteiger partial charge in [0.15, 0.2) is 0 Å². The van der Waals surface area contributed by atoms with E-state index in [4.69, 9.17) is 63.2 Å².